The molecule has 0 saturated carbocycles. The van der Waals surface area contributed by atoms with Crippen molar-refractivity contribution in [2.45, 2.75) is 32.0 Å². The lowest BCUT2D eigenvalue weighted by atomic mass is 10.1. The van der Waals surface area contributed by atoms with Crippen LogP contribution in [-0.4, -0.2) is 60.1 Å². The van der Waals surface area contributed by atoms with Crippen molar-refractivity contribution in [3.8, 4) is 11.5 Å². The van der Waals surface area contributed by atoms with Gasteiger partial charge >= 0.3 is 0 Å². The summed E-state index contributed by atoms with van der Waals surface area (Å²) in [5.41, 5.74) is 0.934. The van der Waals surface area contributed by atoms with Gasteiger partial charge in [0.25, 0.3) is 0 Å². The summed E-state index contributed by atoms with van der Waals surface area (Å²) in [6, 6.07) is 9.64. The molecule has 1 aromatic heterocycles. The van der Waals surface area contributed by atoms with Gasteiger partial charge in [0.2, 0.25) is 18.6 Å². The first-order valence-corrected chi connectivity index (χ1v) is 11.7. The number of ether oxygens (including phenoxy) is 3. The standard InChI is InChI=1S/C22H25ClN2O5S/c23-10-21(26)25(12-17-3-1-7-28-17)14-22(27)24(13-18-4-2-8-31-18)11-16-5-6-19-20(9-16)30-15-29-19/h2,4-6,8-9,17H,1,3,7,10-15H2. The SMILES string of the molecule is O=C(CN(CC1CCCO1)C(=O)CCl)N(Cc1ccc2c(c1)OCO2)Cc1cccs1. The van der Waals surface area contributed by atoms with Crippen LogP contribution in [0.5, 0.6) is 11.5 Å². The number of hydrogen-bond donors (Lipinski definition) is 0. The smallest absolute Gasteiger partial charge is 0.242 e. The van der Waals surface area contributed by atoms with Crippen LogP contribution in [-0.2, 0) is 27.4 Å². The van der Waals surface area contributed by atoms with Crippen LogP contribution in [0.2, 0.25) is 0 Å². The summed E-state index contributed by atoms with van der Waals surface area (Å²) in [5, 5.41) is 1.99. The third-order valence-electron chi connectivity index (χ3n) is 5.33. The van der Waals surface area contributed by atoms with Gasteiger partial charge in [-0.3, -0.25) is 9.59 Å². The van der Waals surface area contributed by atoms with Gasteiger partial charge in [-0.15, -0.1) is 22.9 Å². The maximum absolute atomic E-state index is 13.3. The van der Waals surface area contributed by atoms with Gasteiger partial charge < -0.3 is 24.0 Å². The van der Waals surface area contributed by atoms with Gasteiger partial charge in [-0.2, -0.15) is 0 Å². The predicted octanol–water partition coefficient (Wildman–Crippen LogP) is 3.25. The van der Waals surface area contributed by atoms with Crippen molar-refractivity contribution >= 4 is 34.8 Å². The molecule has 9 heteroatoms. The van der Waals surface area contributed by atoms with Gasteiger partial charge in [0, 0.05) is 24.6 Å². The van der Waals surface area contributed by atoms with Crippen molar-refractivity contribution in [1.29, 1.82) is 0 Å². The molecule has 2 aliphatic heterocycles. The lowest BCUT2D eigenvalue weighted by molar-refractivity contribution is -0.141. The molecule has 166 valence electrons. The predicted molar refractivity (Wildman–Crippen MR) is 117 cm³/mol. The number of hydrogen-bond acceptors (Lipinski definition) is 6. The molecule has 2 aromatic rings. The molecule has 4 rings (SSSR count). The van der Waals surface area contributed by atoms with E-state index in [1.54, 1.807) is 16.2 Å². The molecule has 1 saturated heterocycles. The number of rotatable bonds is 9. The Morgan fingerprint density at radius 2 is 1.97 bits per heavy atom. The highest BCUT2D eigenvalue weighted by molar-refractivity contribution is 7.09. The number of alkyl halides is 1. The van der Waals surface area contributed by atoms with Gasteiger partial charge in [0.1, 0.15) is 5.88 Å². The topological polar surface area (TPSA) is 68.3 Å². The molecule has 1 unspecified atom stereocenters. The van der Waals surface area contributed by atoms with Crippen molar-refractivity contribution in [1.82, 2.24) is 9.80 Å². The Bertz CT molecular complexity index is 901. The summed E-state index contributed by atoms with van der Waals surface area (Å²) >= 11 is 7.41. The normalized spacial score (nSPS) is 17.0. The maximum atomic E-state index is 13.3. The fourth-order valence-corrected chi connectivity index (χ4v) is 4.61. The highest BCUT2D eigenvalue weighted by atomic mass is 35.5. The van der Waals surface area contributed by atoms with E-state index in [1.165, 1.54) is 4.90 Å². The third kappa shape index (κ3) is 5.70. The van der Waals surface area contributed by atoms with Gasteiger partial charge in [0.05, 0.1) is 19.2 Å². The Labute approximate surface area is 190 Å². The number of thiophene rings is 1. The highest BCUT2D eigenvalue weighted by Crippen LogP contribution is 2.33. The number of carbonyl (C=O) groups excluding carboxylic acids is 2. The van der Waals surface area contributed by atoms with E-state index in [0.717, 1.165) is 23.3 Å². The molecular weight excluding hydrogens is 440 g/mol. The monoisotopic (exact) mass is 464 g/mol. The van der Waals surface area contributed by atoms with E-state index in [2.05, 4.69) is 0 Å². The summed E-state index contributed by atoms with van der Waals surface area (Å²) in [5.74, 6) is 0.827. The summed E-state index contributed by atoms with van der Waals surface area (Å²) in [7, 11) is 0. The molecule has 31 heavy (non-hydrogen) atoms. The minimum atomic E-state index is -0.260. The molecule has 0 spiro atoms. The van der Waals surface area contributed by atoms with Crippen molar-refractivity contribution < 1.29 is 23.8 Å². The highest BCUT2D eigenvalue weighted by Gasteiger charge is 2.26. The van der Waals surface area contributed by atoms with E-state index in [4.69, 9.17) is 25.8 Å². The summed E-state index contributed by atoms with van der Waals surface area (Å²) in [6.45, 7) is 2.12. The Balaban J connectivity index is 1.48. The second kappa shape index (κ2) is 10.3. The lowest BCUT2D eigenvalue weighted by Gasteiger charge is -2.28. The van der Waals surface area contributed by atoms with Crippen LogP contribution in [0.1, 0.15) is 23.3 Å². The first-order valence-electron chi connectivity index (χ1n) is 10.3. The van der Waals surface area contributed by atoms with Gasteiger partial charge in [-0.25, -0.2) is 0 Å². The Hall–Kier alpha value is -2.29. The van der Waals surface area contributed by atoms with Crippen molar-refractivity contribution in [3.05, 3.63) is 46.2 Å². The van der Waals surface area contributed by atoms with Crippen LogP contribution < -0.4 is 9.47 Å². The molecule has 1 atom stereocenters. The number of halogens is 1. The first kappa shape index (κ1) is 21.9. The van der Waals surface area contributed by atoms with Crippen LogP contribution in [0.4, 0.5) is 0 Å². The molecule has 0 bridgehead atoms. The fraction of sp³-hybridized carbons (Fsp3) is 0.455. The summed E-state index contributed by atoms with van der Waals surface area (Å²) in [6.07, 6.45) is 1.81. The molecule has 0 aliphatic carbocycles. The summed E-state index contributed by atoms with van der Waals surface area (Å²) in [4.78, 5) is 30.1. The maximum Gasteiger partial charge on any atom is 0.242 e. The molecule has 3 heterocycles. The van der Waals surface area contributed by atoms with E-state index >= 15 is 0 Å². The largest absolute Gasteiger partial charge is 0.454 e. The first-order chi connectivity index (χ1) is 15.1. The number of amides is 2. The Morgan fingerprint density at radius 3 is 2.71 bits per heavy atom. The number of fused-ring (bicyclic) bond motifs is 1. The Kier molecular flexibility index (Phi) is 7.32. The van der Waals surface area contributed by atoms with Crippen LogP contribution >= 0.6 is 22.9 Å². The van der Waals surface area contributed by atoms with Crippen LogP contribution in [0, 0.1) is 0 Å². The zero-order chi connectivity index (χ0) is 21.6. The van der Waals surface area contributed by atoms with Crippen LogP contribution in [0.25, 0.3) is 0 Å². The van der Waals surface area contributed by atoms with Crippen molar-refractivity contribution in [2.24, 2.45) is 0 Å². The zero-order valence-corrected chi connectivity index (χ0v) is 18.7. The van der Waals surface area contributed by atoms with E-state index < -0.39 is 0 Å². The third-order valence-corrected chi connectivity index (χ3v) is 6.42. The van der Waals surface area contributed by atoms with E-state index in [1.807, 2.05) is 35.7 Å². The molecule has 2 amide bonds. The molecule has 2 aliphatic rings. The molecule has 0 radical (unpaired) electrons. The van der Waals surface area contributed by atoms with E-state index in [0.29, 0.717) is 37.7 Å². The second-order valence-corrected chi connectivity index (χ2v) is 8.86. The van der Waals surface area contributed by atoms with Crippen LogP contribution in [0.15, 0.2) is 35.7 Å². The van der Waals surface area contributed by atoms with E-state index in [9.17, 15) is 9.59 Å². The number of nitrogens with zero attached hydrogens (tertiary/aromatic N) is 2. The minimum Gasteiger partial charge on any atom is -0.454 e. The molecule has 1 fully saturated rings. The van der Waals surface area contributed by atoms with Gasteiger partial charge in [0.15, 0.2) is 11.5 Å². The number of benzene rings is 1. The molecule has 1 aromatic carbocycles. The van der Waals surface area contributed by atoms with Crippen molar-refractivity contribution in [3.63, 3.8) is 0 Å². The number of carbonyl (C=O) groups is 2. The second-order valence-electron chi connectivity index (χ2n) is 7.56. The average molecular weight is 465 g/mol. The molecular formula is C22H25ClN2O5S. The van der Waals surface area contributed by atoms with Crippen LogP contribution in [0.3, 0.4) is 0 Å². The molecule has 7 nitrogen and oxygen atoms in total. The average Bonchev–Trinajstić information content (AvgIpc) is 3.54. The van der Waals surface area contributed by atoms with Gasteiger partial charge in [-0.1, -0.05) is 12.1 Å². The zero-order valence-electron chi connectivity index (χ0n) is 17.1. The lowest BCUT2D eigenvalue weighted by Crippen LogP contribution is -2.45. The van der Waals surface area contributed by atoms with Gasteiger partial charge in [-0.05, 0) is 42.0 Å². The van der Waals surface area contributed by atoms with E-state index in [-0.39, 0.29) is 37.1 Å². The minimum absolute atomic E-state index is 0.0264. The summed E-state index contributed by atoms with van der Waals surface area (Å²) < 4.78 is 16.5. The fourth-order valence-electron chi connectivity index (χ4n) is 3.72. The van der Waals surface area contributed by atoms with Crippen molar-refractivity contribution in [2.75, 3.05) is 32.4 Å². The Morgan fingerprint density at radius 1 is 1.10 bits per heavy atom. The molecule has 0 N–H and O–H groups in total. The quantitative estimate of drug-likeness (QED) is 0.533.